The highest BCUT2D eigenvalue weighted by Crippen LogP contribution is 2.44. The molecule has 1 spiro atoms. The van der Waals surface area contributed by atoms with E-state index in [4.69, 9.17) is 14.2 Å². The van der Waals surface area contributed by atoms with E-state index < -0.39 is 17.9 Å². The van der Waals surface area contributed by atoms with E-state index in [-0.39, 0.29) is 12.2 Å². The molecule has 3 unspecified atom stereocenters. The molecule has 0 radical (unpaired) electrons. The first-order valence-electron chi connectivity index (χ1n) is 6.96. The molecule has 3 aliphatic rings. The van der Waals surface area contributed by atoms with Gasteiger partial charge in [-0.1, -0.05) is 6.42 Å². The topological polar surface area (TPSA) is 65.0 Å². The van der Waals surface area contributed by atoms with E-state index in [9.17, 15) is 9.90 Å². The zero-order valence-corrected chi connectivity index (χ0v) is 11.1. The minimum atomic E-state index is -0.797. The first-order chi connectivity index (χ1) is 9.13. The average Bonchev–Trinajstić information content (AvgIpc) is 2.77. The molecule has 5 heteroatoms. The Morgan fingerprint density at radius 3 is 2.79 bits per heavy atom. The van der Waals surface area contributed by atoms with Crippen LogP contribution in [0.2, 0.25) is 0 Å². The van der Waals surface area contributed by atoms with E-state index in [1.54, 1.807) is 0 Å². The summed E-state index contributed by atoms with van der Waals surface area (Å²) < 4.78 is 16.8. The Hall–Kier alpha value is -0.910. The molecule has 3 atom stereocenters. The molecule has 2 fully saturated rings. The second-order valence-corrected chi connectivity index (χ2v) is 5.59. The van der Waals surface area contributed by atoms with E-state index >= 15 is 0 Å². The average molecular weight is 268 g/mol. The summed E-state index contributed by atoms with van der Waals surface area (Å²) in [4.78, 5) is 11.6. The van der Waals surface area contributed by atoms with Crippen LogP contribution in [0.1, 0.15) is 38.5 Å². The number of methoxy groups -OCH3 is 1. The standard InChI is InChI=1S/C14H20O5/c1-17-13(16)9-7-10(15)12-11(8-9)18-14(19-12)5-3-2-4-6-14/h7,10-12,15H,2-6,8H2,1H3. The minimum absolute atomic E-state index is 0.243. The van der Waals surface area contributed by atoms with Crippen LogP contribution in [-0.2, 0) is 19.0 Å². The minimum Gasteiger partial charge on any atom is -0.466 e. The van der Waals surface area contributed by atoms with Crippen molar-refractivity contribution < 1.29 is 24.1 Å². The second-order valence-electron chi connectivity index (χ2n) is 5.59. The lowest BCUT2D eigenvalue weighted by Crippen LogP contribution is -2.39. The molecule has 1 aliphatic heterocycles. The SMILES string of the molecule is COC(=O)C1=CC(O)C2OC3(CCCCC3)OC2C1. The lowest BCUT2D eigenvalue weighted by Gasteiger charge is -2.32. The zero-order valence-electron chi connectivity index (χ0n) is 11.1. The lowest BCUT2D eigenvalue weighted by atomic mass is 9.92. The van der Waals surface area contributed by atoms with Crippen molar-refractivity contribution in [3.63, 3.8) is 0 Å². The van der Waals surface area contributed by atoms with E-state index in [2.05, 4.69) is 0 Å². The second kappa shape index (κ2) is 4.89. The molecule has 5 nitrogen and oxygen atoms in total. The quantitative estimate of drug-likeness (QED) is 0.726. The fourth-order valence-corrected chi connectivity index (χ4v) is 3.34. The van der Waals surface area contributed by atoms with Gasteiger partial charge in [-0.15, -0.1) is 0 Å². The number of fused-ring (bicyclic) bond motifs is 1. The van der Waals surface area contributed by atoms with Gasteiger partial charge in [0.1, 0.15) is 12.2 Å². The maximum atomic E-state index is 11.6. The maximum absolute atomic E-state index is 11.6. The van der Waals surface area contributed by atoms with Crippen molar-refractivity contribution in [2.45, 2.75) is 62.6 Å². The summed E-state index contributed by atoms with van der Waals surface area (Å²) in [7, 11) is 1.34. The summed E-state index contributed by atoms with van der Waals surface area (Å²) in [6.45, 7) is 0. The molecule has 3 rings (SSSR count). The summed E-state index contributed by atoms with van der Waals surface area (Å²) in [6.07, 6.45) is 5.74. The Labute approximate surface area is 112 Å². The first-order valence-corrected chi connectivity index (χ1v) is 6.96. The maximum Gasteiger partial charge on any atom is 0.333 e. The van der Waals surface area contributed by atoms with Crippen molar-refractivity contribution in [1.82, 2.24) is 0 Å². The van der Waals surface area contributed by atoms with Gasteiger partial charge in [-0.05, 0) is 18.9 Å². The Bertz CT molecular complexity index is 397. The third-order valence-corrected chi connectivity index (χ3v) is 4.28. The monoisotopic (exact) mass is 268 g/mol. The fraction of sp³-hybridized carbons (Fsp3) is 0.786. The molecule has 1 N–H and O–H groups in total. The number of esters is 1. The van der Waals surface area contributed by atoms with Gasteiger partial charge >= 0.3 is 5.97 Å². The van der Waals surface area contributed by atoms with Gasteiger partial charge in [0.25, 0.3) is 0 Å². The number of aliphatic hydroxyl groups excluding tert-OH is 1. The van der Waals surface area contributed by atoms with Crippen LogP contribution in [0.25, 0.3) is 0 Å². The number of hydrogen-bond donors (Lipinski definition) is 1. The van der Waals surface area contributed by atoms with Gasteiger partial charge in [-0.3, -0.25) is 0 Å². The molecule has 106 valence electrons. The Morgan fingerprint density at radius 1 is 1.37 bits per heavy atom. The van der Waals surface area contributed by atoms with Crippen LogP contribution in [0, 0.1) is 0 Å². The summed E-state index contributed by atoms with van der Waals surface area (Å²) in [6, 6.07) is 0. The Morgan fingerprint density at radius 2 is 2.11 bits per heavy atom. The molecule has 0 aromatic rings. The van der Waals surface area contributed by atoms with Crippen LogP contribution in [0.15, 0.2) is 11.6 Å². The van der Waals surface area contributed by atoms with Crippen LogP contribution in [0.5, 0.6) is 0 Å². The normalized spacial score (nSPS) is 36.7. The van der Waals surface area contributed by atoms with Gasteiger partial charge in [0.2, 0.25) is 0 Å². The number of carbonyl (C=O) groups is 1. The van der Waals surface area contributed by atoms with Crippen LogP contribution in [0.3, 0.4) is 0 Å². The van der Waals surface area contributed by atoms with Gasteiger partial charge in [0.15, 0.2) is 5.79 Å². The molecule has 1 saturated heterocycles. The molecule has 1 heterocycles. The molecule has 0 aromatic heterocycles. The predicted octanol–water partition coefficient (Wildman–Crippen LogP) is 1.29. The van der Waals surface area contributed by atoms with Crippen molar-refractivity contribution in [3.05, 3.63) is 11.6 Å². The Balaban J connectivity index is 1.75. The summed E-state index contributed by atoms with van der Waals surface area (Å²) in [5, 5.41) is 10.1. The number of carbonyl (C=O) groups excluding carboxylic acids is 1. The predicted molar refractivity (Wildman–Crippen MR) is 66.3 cm³/mol. The fourth-order valence-electron chi connectivity index (χ4n) is 3.34. The molecule has 0 aromatic carbocycles. The van der Waals surface area contributed by atoms with E-state index in [0.717, 1.165) is 25.7 Å². The molecule has 2 aliphatic carbocycles. The molecule has 0 amide bonds. The molecule has 1 saturated carbocycles. The number of aliphatic hydroxyl groups is 1. The van der Waals surface area contributed by atoms with Gasteiger partial charge < -0.3 is 19.3 Å². The third-order valence-electron chi connectivity index (χ3n) is 4.28. The Kier molecular flexibility index (Phi) is 3.37. The third kappa shape index (κ3) is 2.30. The van der Waals surface area contributed by atoms with Crippen molar-refractivity contribution in [3.8, 4) is 0 Å². The first kappa shape index (κ1) is 13.1. The molecule has 19 heavy (non-hydrogen) atoms. The lowest BCUT2D eigenvalue weighted by molar-refractivity contribution is -0.197. The largest absolute Gasteiger partial charge is 0.466 e. The van der Waals surface area contributed by atoms with Crippen molar-refractivity contribution in [2.75, 3.05) is 7.11 Å². The number of rotatable bonds is 1. The zero-order chi connectivity index (χ0) is 13.5. The van der Waals surface area contributed by atoms with Gasteiger partial charge in [-0.2, -0.15) is 0 Å². The highest BCUT2D eigenvalue weighted by molar-refractivity contribution is 5.88. The van der Waals surface area contributed by atoms with Crippen molar-refractivity contribution in [1.29, 1.82) is 0 Å². The van der Waals surface area contributed by atoms with Crippen molar-refractivity contribution >= 4 is 5.97 Å². The summed E-state index contributed by atoms with van der Waals surface area (Å²) >= 11 is 0. The van der Waals surface area contributed by atoms with Gasteiger partial charge in [-0.25, -0.2) is 4.79 Å². The highest BCUT2D eigenvalue weighted by atomic mass is 16.8. The number of hydrogen-bond acceptors (Lipinski definition) is 5. The summed E-state index contributed by atoms with van der Waals surface area (Å²) in [5.74, 6) is -0.931. The van der Waals surface area contributed by atoms with Gasteiger partial charge in [0.05, 0.1) is 13.2 Å². The van der Waals surface area contributed by atoms with Crippen LogP contribution < -0.4 is 0 Å². The van der Waals surface area contributed by atoms with E-state index in [1.807, 2.05) is 0 Å². The van der Waals surface area contributed by atoms with Gasteiger partial charge in [0, 0.05) is 24.8 Å². The van der Waals surface area contributed by atoms with Crippen molar-refractivity contribution in [2.24, 2.45) is 0 Å². The molecular formula is C14H20O5. The highest BCUT2D eigenvalue weighted by Gasteiger charge is 2.51. The number of ether oxygens (including phenoxy) is 3. The van der Waals surface area contributed by atoms with E-state index in [0.29, 0.717) is 12.0 Å². The smallest absolute Gasteiger partial charge is 0.333 e. The van der Waals surface area contributed by atoms with Crippen LogP contribution in [-0.4, -0.2) is 42.3 Å². The van der Waals surface area contributed by atoms with Crippen LogP contribution in [0.4, 0.5) is 0 Å². The summed E-state index contributed by atoms with van der Waals surface area (Å²) in [5.41, 5.74) is 0.479. The van der Waals surface area contributed by atoms with Crippen LogP contribution >= 0.6 is 0 Å². The molecule has 0 bridgehead atoms. The molecular weight excluding hydrogens is 248 g/mol. The van der Waals surface area contributed by atoms with E-state index in [1.165, 1.54) is 19.6 Å².